The summed E-state index contributed by atoms with van der Waals surface area (Å²) < 4.78 is 13.2. The first kappa shape index (κ1) is 32.5. The molecule has 2 atom stereocenters. The van der Waals surface area contributed by atoms with Crippen molar-refractivity contribution in [1.29, 1.82) is 0 Å². The Labute approximate surface area is 326 Å². The summed E-state index contributed by atoms with van der Waals surface area (Å²) in [5.74, 6) is 0.736. The van der Waals surface area contributed by atoms with E-state index in [-0.39, 0.29) is 0 Å². The summed E-state index contributed by atoms with van der Waals surface area (Å²) in [6.45, 7) is 0. The predicted octanol–water partition coefficient (Wildman–Crippen LogP) is 15.2. The first-order valence-corrected chi connectivity index (χ1v) is 19.6. The van der Waals surface area contributed by atoms with Crippen molar-refractivity contribution in [2.24, 2.45) is 0 Å². The molecule has 0 aliphatic heterocycles. The molecule has 0 spiro atoms. The average molecular weight is 719 g/mol. The Morgan fingerprint density at radius 2 is 0.946 bits per heavy atom. The van der Waals surface area contributed by atoms with Crippen molar-refractivity contribution in [2.45, 2.75) is 24.7 Å². The third-order valence-corrected chi connectivity index (χ3v) is 11.7. The molecular formula is C54H38O2. The van der Waals surface area contributed by atoms with Gasteiger partial charge in [-0.15, -0.1) is 0 Å². The van der Waals surface area contributed by atoms with E-state index in [1.54, 1.807) is 0 Å². The molecule has 0 amide bonds. The van der Waals surface area contributed by atoms with E-state index in [4.69, 9.17) is 8.83 Å². The number of hydrogen-bond acceptors (Lipinski definition) is 2. The summed E-state index contributed by atoms with van der Waals surface area (Å²) in [5.41, 5.74) is 15.7. The molecule has 56 heavy (non-hydrogen) atoms. The lowest BCUT2D eigenvalue weighted by atomic mass is 9.86. The van der Waals surface area contributed by atoms with Gasteiger partial charge in [-0.3, -0.25) is 0 Å². The number of allylic oxidation sites excluding steroid dienone is 8. The second-order valence-electron chi connectivity index (χ2n) is 15.2. The number of furan rings is 2. The van der Waals surface area contributed by atoms with Crippen molar-refractivity contribution in [3.8, 4) is 33.4 Å². The van der Waals surface area contributed by atoms with Gasteiger partial charge in [0.05, 0.1) is 0 Å². The van der Waals surface area contributed by atoms with Crippen LogP contribution in [-0.2, 0) is 0 Å². The first-order valence-electron chi connectivity index (χ1n) is 19.6. The molecule has 0 N–H and O–H groups in total. The lowest BCUT2D eigenvalue weighted by molar-refractivity contribution is 0.633. The van der Waals surface area contributed by atoms with Crippen LogP contribution < -0.4 is 0 Å². The van der Waals surface area contributed by atoms with Crippen LogP contribution in [0.1, 0.15) is 41.4 Å². The molecule has 0 saturated heterocycles. The molecule has 11 rings (SSSR count). The van der Waals surface area contributed by atoms with Gasteiger partial charge in [0.15, 0.2) is 11.2 Å². The van der Waals surface area contributed by atoms with Crippen LogP contribution in [0.4, 0.5) is 0 Å². The summed E-state index contributed by atoms with van der Waals surface area (Å²) in [4.78, 5) is 0. The smallest absolute Gasteiger partial charge is 0.178 e. The quantitative estimate of drug-likeness (QED) is 0.171. The molecule has 0 bridgehead atoms. The van der Waals surface area contributed by atoms with Gasteiger partial charge in [0.25, 0.3) is 0 Å². The Hall–Kier alpha value is -6.90. The second kappa shape index (κ2) is 13.4. The standard InChI is InChI=1S/C54H38O2/c1-3-11-35(12-4-1)37-15-7-17-39(29-37)41-19-9-21-43(31-41)45-23-27-51-49(33-45)47-25-26-48-50-34-46(24-28-52(50)56-54(48)53(47)55-51)44-22-10-20-42(32-44)40-18-8-16-38(30-40)36-13-5-2-6-14-36/h1-13,15-18,20-34,36,41H,14,19H2. The zero-order chi connectivity index (χ0) is 37.0. The molecule has 7 aromatic carbocycles. The van der Waals surface area contributed by atoms with Gasteiger partial charge in [-0.2, -0.15) is 0 Å². The fourth-order valence-electron chi connectivity index (χ4n) is 8.77. The van der Waals surface area contributed by atoms with E-state index < -0.39 is 0 Å². The fourth-order valence-corrected chi connectivity index (χ4v) is 8.77. The molecule has 9 aromatic rings. The van der Waals surface area contributed by atoms with Gasteiger partial charge in [0.2, 0.25) is 0 Å². The van der Waals surface area contributed by atoms with E-state index in [2.05, 4.69) is 194 Å². The maximum absolute atomic E-state index is 6.58. The van der Waals surface area contributed by atoms with Gasteiger partial charge in [-0.1, -0.05) is 152 Å². The van der Waals surface area contributed by atoms with Crippen LogP contribution in [0.15, 0.2) is 203 Å². The number of benzene rings is 7. The Kier molecular flexibility index (Phi) is 7.81. The van der Waals surface area contributed by atoms with Gasteiger partial charge >= 0.3 is 0 Å². The molecule has 2 aliphatic carbocycles. The minimum Gasteiger partial charge on any atom is -0.452 e. The van der Waals surface area contributed by atoms with Crippen molar-refractivity contribution in [2.75, 3.05) is 0 Å². The molecule has 2 heterocycles. The minimum atomic E-state index is 0.311. The second-order valence-corrected chi connectivity index (χ2v) is 15.2. The fraction of sp³-hybridized carbons (Fsp3) is 0.0741. The van der Waals surface area contributed by atoms with E-state index in [9.17, 15) is 0 Å². The van der Waals surface area contributed by atoms with Gasteiger partial charge in [0.1, 0.15) is 11.2 Å². The summed E-state index contributed by atoms with van der Waals surface area (Å²) in [7, 11) is 0. The van der Waals surface area contributed by atoms with Crippen LogP contribution in [0, 0.1) is 0 Å². The van der Waals surface area contributed by atoms with Crippen molar-refractivity contribution in [3.05, 3.63) is 211 Å². The summed E-state index contributed by atoms with van der Waals surface area (Å²) in [6, 6.07) is 54.9. The van der Waals surface area contributed by atoms with E-state index in [1.807, 2.05) is 0 Å². The van der Waals surface area contributed by atoms with Crippen LogP contribution >= 0.6 is 0 Å². The van der Waals surface area contributed by atoms with E-state index in [1.165, 1.54) is 50.1 Å². The zero-order valence-corrected chi connectivity index (χ0v) is 30.9. The van der Waals surface area contributed by atoms with Crippen molar-refractivity contribution in [1.82, 2.24) is 0 Å². The lowest BCUT2D eigenvalue weighted by Gasteiger charge is -2.18. The van der Waals surface area contributed by atoms with Crippen molar-refractivity contribution < 1.29 is 8.83 Å². The molecule has 2 aliphatic rings. The molecule has 2 unspecified atom stereocenters. The van der Waals surface area contributed by atoms with Crippen molar-refractivity contribution in [3.63, 3.8) is 0 Å². The molecule has 0 radical (unpaired) electrons. The van der Waals surface area contributed by atoms with Crippen LogP contribution in [0.2, 0.25) is 0 Å². The molecule has 2 heteroatoms. The molecule has 2 aromatic heterocycles. The van der Waals surface area contributed by atoms with Gasteiger partial charge in [-0.05, 0) is 111 Å². The minimum absolute atomic E-state index is 0.311. The van der Waals surface area contributed by atoms with Gasteiger partial charge in [-0.25, -0.2) is 0 Å². The number of fused-ring (bicyclic) bond motifs is 7. The van der Waals surface area contributed by atoms with Crippen LogP contribution in [0.5, 0.6) is 0 Å². The van der Waals surface area contributed by atoms with E-state index in [0.29, 0.717) is 11.8 Å². The highest BCUT2D eigenvalue weighted by atomic mass is 16.4. The predicted molar refractivity (Wildman–Crippen MR) is 234 cm³/mol. The van der Waals surface area contributed by atoms with Crippen molar-refractivity contribution >= 4 is 49.5 Å². The van der Waals surface area contributed by atoms with E-state index >= 15 is 0 Å². The monoisotopic (exact) mass is 718 g/mol. The highest BCUT2D eigenvalue weighted by Gasteiger charge is 2.19. The maximum Gasteiger partial charge on any atom is 0.178 e. The molecule has 2 nitrogen and oxygen atoms in total. The maximum atomic E-state index is 6.58. The van der Waals surface area contributed by atoms with Crippen LogP contribution in [-0.4, -0.2) is 0 Å². The summed E-state index contributed by atoms with van der Waals surface area (Å²) in [5, 5.41) is 4.31. The molecule has 266 valence electrons. The van der Waals surface area contributed by atoms with Crippen LogP contribution in [0.3, 0.4) is 0 Å². The SMILES string of the molecule is C1=CCC(c2cccc(-c3cccc(-c4ccc5oc6c(ccc7c8cc(C9=CC(c%10cccc(-c%11ccccc%11)c%10)CC=C9)ccc8oc76)c5c4)c3)c2)C=C1. The molecule has 0 saturated carbocycles. The molecule has 0 fully saturated rings. The Morgan fingerprint density at radius 1 is 0.393 bits per heavy atom. The topological polar surface area (TPSA) is 26.3 Å². The third kappa shape index (κ3) is 5.74. The number of hydrogen-bond donors (Lipinski definition) is 0. The lowest BCUT2D eigenvalue weighted by Crippen LogP contribution is -1.99. The Bertz CT molecular complexity index is 3090. The number of rotatable bonds is 6. The van der Waals surface area contributed by atoms with E-state index in [0.717, 1.165) is 62.3 Å². The van der Waals surface area contributed by atoms with Gasteiger partial charge < -0.3 is 8.83 Å². The Balaban J connectivity index is 0.922. The molecular weight excluding hydrogens is 681 g/mol. The van der Waals surface area contributed by atoms with Crippen LogP contribution in [0.25, 0.3) is 82.8 Å². The zero-order valence-electron chi connectivity index (χ0n) is 30.9. The normalized spacial score (nSPS) is 16.7. The highest BCUT2D eigenvalue weighted by Crippen LogP contribution is 2.42. The van der Waals surface area contributed by atoms with Gasteiger partial charge in [0, 0.05) is 33.4 Å². The summed E-state index contributed by atoms with van der Waals surface area (Å²) >= 11 is 0. The highest BCUT2D eigenvalue weighted by molar-refractivity contribution is 6.19. The largest absolute Gasteiger partial charge is 0.452 e. The third-order valence-electron chi connectivity index (χ3n) is 11.7. The summed E-state index contributed by atoms with van der Waals surface area (Å²) in [6.07, 6.45) is 17.8. The Morgan fingerprint density at radius 3 is 1.62 bits per heavy atom. The average Bonchev–Trinajstić information content (AvgIpc) is 3.85. The first-order chi connectivity index (χ1) is 27.7.